The first-order chi connectivity index (χ1) is 7.44. The minimum atomic E-state index is -3.30. The van der Waals surface area contributed by atoms with E-state index in [9.17, 15) is 8.42 Å². The molecule has 0 aliphatic heterocycles. The summed E-state index contributed by atoms with van der Waals surface area (Å²) in [6, 6.07) is 0. The molecule has 4 nitrogen and oxygen atoms in total. The Bertz CT molecular complexity index is 294. The van der Waals surface area contributed by atoms with Crippen molar-refractivity contribution >= 4 is 27.2 Å². The quantitative estimate of drug-likeness (QED) is 0.642. The SMILES string of the molecule is CCCCN(CCCC)S(=O)(=O)CC(N)=S. The number of sulfonamides is 1. The van der Waals surface area contributed by atoms with Crippen molar-refractivity contribution in [2.45, 2.75) is 39.5 Å². The first-order valence-electron chi connectivity index (χ1n) is 5.70. The van der Waals surface area contributed by atoms with Gasteiger partial charge in [0, 0.05) is 13.1 Å². The third kappa shape index (κ3) is 6.40. The van der Waals surface area contributed by atoms with E-state index in [1.807, 2.05) is 13.8 Å². The number of nitrogens with zero attached hydrogens (tertiary/aromatic N) is 1. The summed E-state index contributed by atoms with van der Waals surface area (Å²) < 4.78 is 25.3. The Labute approximate surface area is 104 Å². The van der Waals surface area contributed by atoms with Crippen molar-refractivity contribution in [3.8, 4) is 0 Å². The van der Waals surface area contributed by atoms with Gasteiger partial charge in [-0.05, 0) is 12.8 Å². The largest absolute Gasteiger partial charge is 0.392 e. The minimum Gasteiger partial charge on any atom is -0.392 e. The van der Waals surface area contributed by atoms with Gasteiger partial charge in [0.2, 0.25) is 10.0 Å². The molecular formula is C10H22N2O2S2. The van der Waals surface area contributed by atoms with Gasteiger partial charge >= 0.3 is 0 Å². The molecular weight excluding hydrogens is 244 g/mol. The smallest absolute Gasteiger partial charge is 0.220 e. The molecule has 0 aliphatic carbocycles. The number of rotatable bonds is 9. The molecule has 0 amide bonds. The second-order valence-corrected chi connectivity index (χ2v) is 6.32. The van der Waals surface area contributed by atoms with E-state index in [0.717, 1.165) is 25.7 Å². The third-order valence-corrected chi connectivity index (χ3v) is 4.39. The van der Waals surface area contributed by atoms with Crippen LogP contribution in [0, 0.1) is 0 Å². The van der Waals surface area contributed by atoms with Crippen molar-refractivity contribution < 1.29 is 8.42 Å². The lowest BCUT2D eigenvalue weighted by Crippen LogP contribution is -2.38. The molecule has 0 aromatic heterocycles. The van der Waals surface area contributed by atoms with Crippen LogP contribution in [-0.4, -0.2) is 36.6 Å². The van der Waals surface area contributed by atoms with Crippen LogP contribution in [0.1, 0.15) is 39.5 Å². The van der Waals surface area contributed by atoms with E-state index in [-0.39, 0.29) is 10.7 Å². The zero-order valence-corrected chi connectivity index (χ0v) is 11.7. The molecule has 0 aromatic carbocycles. The monoisotopic (exact) mass is 266 g/mol. The molecule has 0 rings (SSSR count). The third-order valence-electron chi connectivity index (χ3n) is 2.24. The van der Waals surface area contributed by atoms with E-state index < -0.39 is 10.0 Å². The predicted molar refractivity (Wildman–Crippen MR) is 72.0 cm³/mol. The average molecular weight is 266 g/mol. The molecule has 96 valence electrons. The predicted octanol–water partition coefficient (Wildman–Crippen LogP) is 1.50. The van der Waals surface area contributed by atoms with Crippen molar-refractivity contribution in [2.75, 3.05) is 18.8 Å². The van der Waals surface area contributed by atoms with Gasteiger partial charge in [-0.2, -0.15) is 0 Å². The molecule has 0 unspecified atom stereocenters. The molecule has 0 spiro atoms. The Morgan fingerprint density at radius 3 is 1.94 bits per heavy atom. The highest BCUT2D eigenvalue weighted by molar-refractivity contribution is 7.92. The lowest BCUT2D eigenvalue weighted by Gasteiger charge is -2.21. The zero-order chi connectivity index (χ0) is 12.6. The van der Waals surface area contributed by atoms with E-state index in [2.05, 4.69) is 12.2 Å². The van der Waals surface area contributed by atoms with Gasteiger partial charge in [-0.1, -0.05) is 38.9 Å². The molecule has 0 saturated carbocycles. The molecule has 16 heavy (non-hydrogen) atoms. The summed E-state index contributed by atoms with van der Waals surface area (Å²) >= 11 is 4.66. The fourth-order valence-electron chi connectivity index (χ4n) is 1.33. The molecule has 0 atom stereocenters. The van der Waals surface area contributed by atoms with E-state index in [4.69, 9.17) is 5.73 Å². The average Bonchev–Trinajstić information content (AvgIpc) is 2.15. The van der Waals surface area contributed by atoms with Gasteiger partial charge in [-0.3, -0.25) is 0 Å². The number of unbranched alkanes of at least 4 members (excludes halogenated alkanes) is 2. The normalized spacial score (nSPS) is 11.9. The van der Waals surface area contributed by atoms with Crippen molar-refractivity contribution in [1.29, 1.82) is 0 Å². The summed E-state index contributed by atoms with van der Waals surface area (Å²) in [6.07, 6.45) is 3.71. The van der Waals surface area contributed by atoms with Gasteiger partial charge in [0.05, 0.1) is 4.99 Å². The van der Waals surface area contributed by atoms with Crippen LogP contribution < -0.4 is 5.73 Å². The first-order valence-corrected chi connectivity index (χ1v) is 7.72. The second kappa shape index (κ2) is 7.97. The van der Waals surface area contributed by atoms with Crippen molar-refractivity contribution in [3.63, 3.8) is 0 Å². The fourth-order valence-corrected chi connectivity index (χ4v) is 3.13. The first kappa shape index (κ1) is 15.8. The number of thiocarbonyl (C=S) groups is 1. The molecule has 2 N–H and O–H groups in total. The van der Waals surface area contributed by atoms with Crippen LogP contribution in [0.15, 0.2) is 0 Å². The zero-order valence-electron chi connectivity index (χ0n) is 10.1. The highest BCUT2D eigenvalue weighted by Gasteiger charge is 2.21. The van der Waals surface area contributed by atoms with Crippen LogP contribution >= 0.6 is 12.2 Å². The Morgan fingerprint density at radius 2 is 1.62 bits per heavy atom. The number of hydrogen-bond donors (Lipinski definition) is 1. The highest BCUT2D eigenvalue weighted by atomic mass is 32.2. The molecule has 0 fully saturated rings. The lowest BCUT2D eigenvalue weighted by molar-refractivity contribution is 0.397. The van der Waals surface area contributed by atoms with Crippen molar-refractivity contribution in [1.82, 2.24) is 4.31 Å². The highest BCUT2D eigenvalue weighted by Crippen LogP contribution is 2.06. The van der Waals surface area contributed by atoms with Gasteiger partial charge in [0.15, 0.2) is 0 Å². The van der Waals surface area contributed by atoms with Gasteiger partial charge in [-0.25, -0.2) is 12.7 Å². The van der Waals surface area contributed by atoms with E-state index in [1.165, 1.54) is 4.31 Å². The molecule has 0 aromatic rings. The summed E-state index contributed by atoms with van der Waals surface area (Å²) in [6.45, 7) is 5.22. The van der Waals surface area contributed by atoms with E-state index >= 15 is 0 Å². The maximum absolute atomic E-state index is 11.9. The topological polar surface area (TPSA) is 63.4 Å². The maximum Gasteiger partial charge on any atom is 0.220 e. The summed E-state index contributed by atoms with van der Waals surface area (Å²) in [7, 11) is -3.30. The second-order valence-electron chi connectivity index (χ2n) is 3.83. The minimum absolute atomic E-state index is 0.0398. The Kier molecular flexibility index (Phi) is 7.87. The Morgan fingerprint density at radius 1 is 1.19 bits per heavy atom. The van der Waals surface area contributed by atoms with Gasteiger partial charge in [0.25, 0.3) is 0 Å². The van der Waals surface area contributed by atoms with Crippen LogP contribution in [0.4, 0.5) is 0 Å². The summed E-state index contributed by atoms with van der Waals surface area (Å²) in [5.41, 5.74) is 5.30. The molecule has 0 aliphatic rings. The van der Waals surface area contributed by atoms with Gasteiger partial charge < -0.3 is 5.73 Å². The van der Waals surface area contributed by atoms with E-state index in [0.29, 0.717) is 13.1 Å². The Hall–Kier alpha value is -0.200. The summed E-state index contributed by atoms with van der Waals surface area (Å²) in [5, 5.41) is 0. The number of hydrogen-bond acceptors (Lipinski definition) is 3. The van der Waals surface area contributed by atoms with Gasteiger partial charge in [0.1, 0.15) is 5.75 Å². The van der Waals surface area contributed by atoms with Crippen LogP contribution in [0.5, 0.6) is 0 Å². The lowest BCUT2D eigenvalue weighted by atomic mass is 10.3. The van der Waals surface area contributed by atoms with Crippen molar-refractivity contribution in [3.05, 3.63) is 0 Å². The maximum atomic E-state index is 11.9. The van der Waals surface area contributed by atoms with Crippen LogP contribution in [0.25, 0.3) is 0 Å². The fraction of sp³-hybridized carbons (Fsp3) is 0.900. The van der Waals surface area contributed by atoms with E-state index in [1.54, 1.807) is 0 Å². The van der Waals surface area contributed by atoms with Crippen LogP contribution in [0.2, 0.25) is 0 Å². The standard InChI is InChI=1S/C10H22N2O2S2/c1-3-5-7-12(8-6-4-2)16(13,14)9-10(11)15/h3-9H2,1-2H3,(H2,11,15). The van der Waals surface area contributed by atoms with Crippen molar-refractivity contribution in [2.24, 2.45) is 5.73 Å². The molecule has 0 heterocycles. The molecule has 6 heteroatoms. The number of nitrogens with two attached hydrogens (primary N) is 1. The summed E-state index contributed by atoms with van der Waals surface area (Å²) in [5.74, 6) is -0.213. The molecule has 0 radical (unpaired) electrons. The molecule has 0 saturated heterocycles. The van der Waals surface area contributed by atoms with Gasteiger partial charge in [-0.15, -0.1) is 0 Å². The Balaban J connectivity index is 4.51. The van der Waals surface area contributed by atoms with Crippen LogP contribution in [0.3, 0.4) is 0 Å². The molecule has 0 bridgehead atoms. The summed E-state index contributed by atoms with van der Waals surface area (Å²) in [4.78, 5) is 0.0398. The van der Waals surface area contributed by atoms with Crippen LogP contribution in [-0.2, 0) is 10.0 Å².